The molecule has 0 aliphatic heterocycles. The van der Waals surface area contributed by atoms with Crippen LogP contribution >= 0.6 is 11.8 Å². The lowest BCUT2D eigenvalue weighted by molar-refractivity contribution is -0.122. The molecule has 2 atom stereocenters. The van der Waals surface area contributed by atoms with E-state index in [1.165, 1.54) is 11.8 Å². The summed E-state index contributed by atoms with van der Waals surface area (Å²) < 4.78 is 0. The predicted molar refractivity (Wildman–Crippen MR) is 67.5 cm³/mol. The highest BCUT2D eigenvalue weighted by atomic mass is 32.2. The third kappa shape index (κ3) is 5.93. The van der Waals surface area contributed by atoms with E-state index in [-0.39, 0.29) is 23.6 Å². The molecule has 1 rings (SSSR count). The van der Waals surface area contributed by atoms with Crippen molar-refractivity contribution < 1.29 is 14.7 Å². The summed E-state index contributed by atoms with van der Waals surface area (Å²) in [4.78, 5) is 22.0. The molecule has 1 saturated carbocycles. The maximum Gasteiger partial charge on any atom is 0.227 e. The molecule has 0 bridgehead atoms. The molecule has 1 aliphatic rings. The molecule has 0 saturated heterocycles. The Morgan fingerprint density at radius 2 is 2.06 bits per heavy atom. The molecule has 0 heterocycles. The van der Waals surface area contributed by atoms with Gasteiger partial charge in [-0.15, -0.1) is 0 Å². The zero-order chi connectivity index (χ0) is 12.7. The van der Waals surface area contributed by atoms with Gasteiger partial charge in [-0.1, -0.05) is 12.8 Å². The molecule has 98 valence electrons. The smallest absolute Gasteiger partial charge is 0.227 e. The molecular weight excluding hydrogens is 240 g/mol. The van der Waals surface area contributed by atoms with E-state index in [0.717, 1.165) is 25.7 Å². The number of aliphatic hydroxyl groups is 1. The van der Waals surface area contributed by atoms with E-state index in [0.29, 0.717) is 12.2 Å². The molecule has 2 unspecified atom stereocenters. The van der Waals surface area contributed by atoms with Crippen LogP contribution in [0.15, 0.2) is 0 Å². The standard InChI is InChI=1S/C11H20N2O3S/c12-10(15)7-17-6-5-11(16)13-8-3-1-2-4-9(8)14/h8-9,14H,1-7H2,(H2,12,15)(H,13,16). The molecule has 17 heavy (non-hydrogen) atoms. The molecule has 0 aromatic rings. The predicted octanol–water partition coefficient (Wildman–Crippen LogP) is 0.0147. The number of thioether (sulfide) groups is 1. The van der Waals surface area contributed by atoms with E-state index < -0.39 is 6.10 Å². The number of carbonyl (C=O) groups is 2. The fourth-order valence-electron chi connectivity index (χ4n) is 1.90. The number of hydrogen-bond acceptors (Lipinski definition) is 4. The van der Waals surface area contributed by atoms with E-state index in [1.807, 2.05) is 0 Å². The highest BCUT2D eigenvalue weighted by Gasteiger charge is 2.24. The molecule has 5 nitrogen and oxygen atoms in total. The van der Waals surface area contributed by atoms with E-state index in [9.17, 15) is 14.7 Å². The molecule has 0 spiro atoms. The average molecular weight is 260 g/mol. The van der Waals surface area contributed by atoms with Crippen LogP contribution in [0, 0.1) is 0 Å². The van der Waals surface area contributed by atoms with E-state index in [1.54, 1.807) is 0 Å². The largest absolute Gasteiger partial charge is 0.391 e. The van der Waals surface area contributed by atoms with Gasteiger partial charge in [-0.3, -0.25) is 9.59 Å². The summed E-state index contributed by atoms with van der Waals surface area (Å²) in [5.41, 5.74) is 4.98. The monoisotopic (exact) mass is 260 g/mol. The molecule has 2 amide bonds. The molecule has 1 aliphatic carbocycles. The molecule has 0 radical (unpaired) electrons. The quantitative estimate of drug-likeness (QED) is 0.587. The van der Waals surface area contributed by atoms with Crippen LogP contribution in [0.1, 0.15) is 32.1 Å². The first kappa shape index (κ1) is 14.3. The second-order valence-electron chi connectivity index (χ2n) is 4.29. The normalized spacial score (nSPS) is 24.3. The Hall–Kier alpha value is -0.750. The first-order valence-electron chi connectivity index (χ1n) is 5.93. The number of nitrogens with one attached hydrogen (secondary N) is 1. The zero-order valence-corrected chi connectivity index (χ0v) is 10.7. The molecule has 4 N–H and O–H groups in total. The molecule has 1 fully saturated rings. The van der Waals surface area contributed by atoms with Gasteiger partial charge >= 0.3 is 0 Å². The SMILES string of the molecule is NC(=O)CSCCC(=O)NC1CCCCC1O. The van der Waals surface area contributed by atoms with E-state index in [2.05, 4.69) is 5.32 Å². The van der Waals surface area contributed by atoms with Crippen molar-refractivity contribution in [2.75, 3.05) is 11.5 Å². The molecule has 0 aromatic heterocycles. The maximum atomic E-state index is 11.5. The summed E-state index contributed by atoms with van der Waals surface area (Å²) in [7, 11) is 0. The second-order valence-corrected chi connectivity index (χ2v) is 5.40. The lowest BCUT2D eigenvalue weighted by atomic mass is 9.92. The van der Waals surface area contributed by atoms with Gasteiger partial charge in [-0.25, -0.2) is 0 Å². The van der Waals surface area contributed by atoms with Crippen molar-refractivity contribution in [3.05, 3.63) is 0 Å². The van der Waals surface area contributed by atoms with Crippen LogP contribution in [0.4, 0.5) is 0 Å². The number of nitrogens with two attached hydrogens (primary N) is 1. The Labute approximate surface area is 106 Å². The van der Waals surface area contributed by atoms with Crippen LogP contribution in [-0.2, 0) is 9.59 Å². The Bertz CT molecular complexity index is 273. The maximum absolute atomic E-state index is 11.5. The summed E-state index contributed by atoms with van der Waals surface area (Å²) >= 11 is 1.35. The summed E-state index contributed by atoms with van der Waals surface area (Å²) in [6, 6.07) is -0.0996. The lowest BCUT2D eigenvalue weighted by Gasteiger charge is -2.28. The zero-order valence-electron chi connectivity index (χ0n) is 9.85. The van der Waals surface area contributed by atoms with Crippen LogP contribution in [0.5, 0.6) is 0 Å². The number of amides is 2. The van der Waals surface area contributed by atoms with Crippen molar-refractivity contribution in [2.45, 2.75) is 44.2 Å². The van der Waals surface area contributed by atoms with Crippen molar-refractivity contribution in [3.63, 3.8) is 0 Å². The van der Waals surface area contributed by atoms with Crippen molar-refractivity contribution in [2.24, 2.45) is 5.73 Å². The van der Waals surface area contributed by atoms with Crippen LogP contribution in [0.2, 0.25) is 0 Å². The van der Waals surface area contributed by atoms with Gasteiger partial charge in [0.1, 0.15) is 0 Å². The van der Waals surface area contributed by atoms with Crippen LogP contribution < -0.4 is 11.1 Å². The first-order valence-corrected chi connectivity index (χ1v) is 7.08. The van der Waals surface area contributed by atoms with E-state index >= 15 is 0 Å². The summed E-state index contributed by atoms with van der Waals surface area (Å²) in [5.74, 6) is 0.405. The minimum Gasteiger partial charge on any atom is -0.391 e. The highest BCUT2D eigenvalue weighted by Crippen LogP contribution is 2.18. The minimum absolute atomic E-state index is 0.0621. The summed E-state index contributed by atoms with van der Waals surface area (Å²) in [6.45, 7) is 0. The van der Waals surface area contributed by atoms with Crippen molar-refractivity contribution in [1.82, 2.24) is 5.32 Å². The van der Waals surface area contributed by atoms with Gasteiger partial charge in [-0.2, -0.15) is 11.8 Å². The Morgan fingerprint density at radius 1 is 1.35 bits per heavy atom. The first-order chi connectivity index (χ1) is 8.09. The Kier molecular flexibility index (Phi) is 6.36. The van der Waals surface area contributed by atoms with Gasteiger partial charge in [0.25, 0.3) is 0 Å². The lowest BCUT2D eigenvalue weighted by Crippen LogP contribution is -2.45. The summed E-state index contributed by atoms with van der Waals surface area (Å²) in [6.07, 6.45) is 3.65. The van der Waals surface area contributed by atoms with Crippen LogP contribution in [0.3, 0.4) is 0 Å². The van der Waals surface area contributed by atoms with Gasteiger partial charge in [0.15, 0.2) is 0 Å². The number of carbonyl (C=O) groups excluding carboxylic acids is 2. The van der Waals surface area contributed by atoms with E-state index in [4.69, 9.17) is 5.73 Å². The van der Waals surface area contributed by atoms with Crippen LogP contribution in [0.25, 0.3) is 0 Å². The molecular formula is C11H20N2O3S. The number of aliphatic hydroxyl groups excluding tert-OH is 1. The van der Waals surface area contributed by atoms with Gasteiger partial charge in [0.05, 0.1) is 17.9 Å². The number of primary amides is 1. The fraction of sp³-hybridized carbons (Fsp3) is 0.818. The molecule has 6 heteroatoms. The van der Waals surface area contributed by atoms with Gasteiger partial charge in [0, 0.05) is 12.2 Å². The Balaban J connectivity index is 2.13. The third-order valence-electron chi connectivity index (χ3n) is 2.79. The van der Waals surface area contributed by atoms with Crippen molar-refractivity contribution in [1.29, 1.82) is 0 Å². The van der Waals surface area contributed by atoms with Crippen molar-refractivity contribution in [3.8, 4) is 0 Å². The third-order valence-corrected chi connectivity index (χ3v) is 3.78. The topological polar surface area (TPSA) is 92.4 Å². The van der Waals surface area contributed by atoms with Gasteiger partial charge in [0.2, 0.25) is 11.8 Å². The van der Waals surface area contributed by atoms with Crippen LogP contribution in [-0.4, -0.2) is 40.6 Å². The van der Waals surface area contributed by atoms with Gasteiger partial charge < -0.3 is 16.2 Å². The average Bonchev–Trinajstić information content (AvgIpc) is 2.27. The molecule has 0 aromatic carbocycles. The second kappa shape index (κ2) is 7.55. The summed E-state index contributed by atoms with van der Waals surface area (Å²) in [5, 5.41) is 12.5. The van der Waals surface area contributed by atoms with Crippen molar-refractivity contribution >= 4 is 23.6 Å². The number of rotatable bonds is 6. The van der Waals surface area contributed by atoms with Gasteiger partial charge in [-0.05, 0) is 12.8 Å². The Morgan fingerprint density at radius 3 is 2.71 bits per heavy atom. The number of hydrogen-bond donors (Lipinski definition) is 3. The minimum atomic E-state index is -0.411. The highest BCUT2D eigenvalue weighted by molar-refractivity contribution is 7.99. The fourth-order valence-corrected chi connectivity index (χ4v) is 2.57.